The molecule has 0 radical (unpaired) electrons. The third kappa shape index (κ3) is 9.72. The second-order valence-electron chi connectivity index (χ2n) is 6.12. The molecular formula is C21H38. The van der Waals surface area contributed by atoms with Gasteiger partial charge in [0.15, 0.2) is 0 Å². The minimum atomic E-state index is 0.722. The Kier molecular flexibility index (Phi) is 13.6. The van der Waals surface area contributed by atoms with Crippen LogP contribution in [0.25, 0.3) is 0 Å². The first-order valence-corrected chi connectivity index (χ1v) is 9.22. The highest BCUT2D eigenvalue weighted by Crippen LogP contribution is 2.24. The van der Waals surface area contributed by atoms with E-state index in [0.717, 1.165) is 5.92 Å². The van der Waals surface area contributed by atoms with Crippen molar-refractivity contribution >= 4 is 0 Å². The third-order valence-corrected chi connectivity index (χ3v) is 4.37. The van der Waals surface area contributed by atoms with Crippen LogP contribution >= 0.6 is 0 Å². The molecule has 0 saturated heterocycles. The Hall–Kier alpha value is -0.780. The zero-order valence-electron chi connectivity index (χ0n) is 15.1. The normalized spacial score (nSPS) is 14.3. The molecule has 0 amide bonds. The molecule has 0 aliphatic rings. The van der Waals surface area contributed by atoms with Crippen LogP contribution in [0.3, 0.4) is 0 Å². The van der Waals surface area contributed by atoms with Gasteiger partial charge in [-0.05, 0) is 49.7 Å². The lowest BCUT2D eigenvalue weighted by molar-refractivity contribution is 0.542. The van der Waals surface area contributed by atoms with Crippen molar-refractivity contribution in [3.63, 3.8) is 0 Å². The zero-order valence-corrected chi connectivity index (χ0v) is 15.1. The van der Waals surface area contributed by atoms with Gasteiger partial charge < -0.3 is 0 Å². The summed E-state index contributed by atoms with van der Waals surface area (Å²) in [7, 11) is 0. The largest absolute Gasteiger partial charge is 0.0988 e. The molecule has 0 bridgehead atoms. The quantitative estimate of drug-likeness (QED) is 0.242. The van der Waals surface area contributed by atoms with E-state index in [1.165, 1.54) is 75.4 Å². The number of unbranched alkanes of at least 4 members (excludes halogenated alkanes) is 5. The highest BCUT2D eigenvalue weighted by Gasteiger charge is 2.09. The van der Waals surface area contributed by atoms with Gasteiger partial charge in [0.05, 0.1) is 0 Å². The van der Waals surface area contributed by atoms with Crippen LogP contribution in [-0.2, 0) is 0 Å². The Labute approximate surface area is 134 Å². The van der Waals surface area contributed by atoms with E-state index in [-0.39, 0.29) is 0 Å². The van der Waals surface area contributed by atoms with Gasteiger partial charge >= 0.3 is 0 Å². The van der Waals surface area contributed by atoms with E-state index in [2.05, 4.69) is 52.5 Å². The van der Waals surface area contributed by atoms with Crippen molar-refractivity contribution in [2.24, 2.45) is 5.92 Å². The first-order chi connectivity index (χ1) is 10.2. The standard InChI is InChI=1S/C21H38/c1-6-11-12-13-14-15-17-19(8-3)18-21(10-5)20(9-4)16-7-2/h8,10,18,20H,3,6-7,9,11-17H2,1-2,4-5H3/b19-18+,21-10+. The summed E-state index contributed by atoms with van der Waals surface area (Å²) in [4.78, 5) is 0. The van der Waals surface area contributed by atoms with E-state index < -0.39 is 0 Å². The summed E-state index contributed by atoms with van der Waals surface area (Å²) in [6.07, 6.45) is 20.0. The summed E-state index contributed by atoms with van der Waals surface area (Å²) in [5.74, 6) is 0.722. The smallest absolute Gasteiger partial charge is 0.0168 e. The lowest BCUT2D eigenvalue weighted by Gasteiger charge is -2.16. The van der Waals surface area contributed by atoms with Crippen molar-refractivity contribution < 1.29 is 0 Å². The maximum Gasteiger partial charge on any atom is -0.0168 e. The Balaban J connectivity index is 4.37. The van der Waals surface area contributed by atoms with E-state index in [0.29, 0.717) is 0 Å². The van der Waals surface area contributed by atoms with E-state index in [4.69, 9.17) is 0 Å². The molecule has 0 heterocycles. The average molecular weight is 291 g/mol. The lowest BCUT2D eigenvalue weighted by atomic mass is 9.89. The van der Waals surface area contributed by atoms with E-state index in [1.807, 2.05) is 0 Å². The Morgan fingerprint density at radius 3 is 2.14 bits per heavy atom. The Morgan fingerprint density at radius 1 is 0.952 bits per heavy atom. The minimum absolute atomic E-state index is 0.722. The summed E-state index contributed by atoms with van der Waals surface area (Å²) < 4.78 is 0. The van der Waals surface area contributed by atoms with Crippen LogP contribution < -0.4 is 0 Å². The molecule has 1 atom stereocenters. The number of allylic oxidation sites excluding steroid dienone is 5. The fourth-order valence-corrected chi connectivity index (χ4v) is 2.95. The van der Waals surface area contributed by atoms with E-state index >= 15 is 0 Å². The summed E-state index contributed by atoms with van der Waals surface area (Å²) in [6.45, 7) is 13.1. The Morgan fingerprint density at radius 2 is 1.62 bits per heavy atom. The number of rotatable bonds is 13. The van der Waals surface area contributed by atoms with Crippen LogP contribution in [0.2, 0.25) is 0 Å². The monoisotopic (exact) mass is 290 g/mol. The molecule has 0 saturated carbocycles. The number of hydrogen-bond acceptors (Lipinski definition) is 0. The molecule has 21 heavy (non-hydrogen) atoms. The van der Waals surface area contributed by atoms with Gasteiger partial charge in [0.1, 0.15) is 0 Å². The number of hydrogen-bond donors (Lipinski definition) is 0. The molecule has 0 aromatic rings. The third-order valence-electron chi connectivity index (χ3n) is 4.37. The second-order valence-corrected chi connectivity index (χ2v) is 6.12. The van der Waals surface area contributed by atoms with Crippen molar-refractivity contribution in [3.8, 4) is 0 Å². The van der Waals surface area contributed by atoms with Crippen LogP contribution in [0, 0.1) is 5.92 Å². The molecule has 1 unspecified atom stereocenters. The molecular weight excluding hydrogens is 252 g/mol. The Bertz CT molecular complexity index is 306. The van der Waals surface area contributed by atoms with Gasteiger partial charge in [0, 0.05) is 0 Å². The van der Waals surface area contributed by atoms with Crippen LogP contribution in [0.5, 0.6) is 0 Å². The van der Waals surface area contributed by atoms with Crippen molar-refractivity contribution in [2.45, 2.75) is 91.9 Å². The van der Waals surface area contributed by atoms with Crippen molar-refractivity contribution in [1.29, 1.82) is 0 Å². The summed E-state index contributed by atoms with van der Waals surface area (Å²) in [5, 5.41) is 0. The average Bonchev–Trinajstić information content (AvgIpc) is 2.51. The topological polar surface area (TPSA) is 0 Å². The predicted octanol–water partition coefficient (Wildman–Crippen LogP) is 7.62. The first-order valence-electron chi connectivity index (χ1n) is 9.22. The summed E-state index contributed by atoms with van der Waals surface area (Å²) in [5.41, 5.74) is 2.94. The molecule has 0 aromatic carbocycles. The predicted molar refractivity (Wildman–Crippen MR) is 98.7 cm³/mol. The van der Waals surface area contributed by atoms with Crippen LogP contribution in [0.1, 0.15) is 91.9 Å². The second kappa shape index (κ2) is 14.2. The molecule has 0 N–H and O–H groups in total. The van der Waals surface area contributed by atoms with Crippen molar-refractivity contribution in [1.82, 2.24) is 0 Å². The lowest BCUT2D eigenvalue weighted by Crippen LogP contribution is -2.01. The maximum atomic E-state index is 4.01. The SMILES string of the molecule is C=C/C(=C\C(=C/C)C(CC)CCC)CCCCCCCC. The molecule has 0 heteroatoms. The highest BCUT2D eigenvalue weighted by molar-refractivity contribution is 5.30. The van der Waals surface area contributed by atoms with Crippen LogP contribution in [0.15, 0.2) is 36.0 Å². The van der Waals surface area contributed by atoms with Gasteiger partial charge in [0.2, 0.25) is 0 Å². The van der Waals surface area contributed by atoms with Crippen molar-refractivity contribution in [3.05, 3.63) is 36.0 Å². The molecule has 0 aliphatic heterocycles. The summed E-state index contributed by atoms with van der Waals surface area (Å²) >= 11 is 0. The summed E-state index contributed by atoms with van der Waals surface area (Å²) in [6, 6.07) is 0. The molecule has 0 rings (SSSR count). The first kappa shape index (κ1) is 20.2. The van der Waals surface area contributed by atoms with Gasteiger partial charge in [-0.25, -0.2) is 0 Å². The molecule has 0 spiro atoms. The van der Waals surface area contributed by atoms with Gasteiger partial charge in [-0.2, -0.15) is 0 Å². The molecule has 0 nitrogen and oxygen atoms in total. The van der Waals surface area contributed by atoms with Crippen LogP contribution in [0.4, 0.5) is 0 Å². The highest BCUT2D eigenvalue weighted by atomic mass is 14.1. The molecule has 0 aromatic heterocycles. The van der Waals surface area contributed by atoms with Gasteiger partial charge in [-0.1, -0.05) is 84.1 Å². The fraction of sp³-hybridized carbons (Fsp3) is 0.714. The molecule has 122 valence electrons. The fourth-order valence-electron chi connectivity index (χ4n) is 2.95. The van der Waals surface area contributed by atoms with Crippen molar-refractivity contribution in [2.75, 3.05) is 0 Å². The van der Waals surface area contributed by atoms with Crippen LogP contribution in [-0.4, -0.2) is 0 Å². The molecule has 0 fully saturated rings. The van der Waals surface area contributed by atoms with Gasteiger partial charge in [-0.15, -0.1) is 0 Å². The molecule has 0 aliphatic carbocycles. The van der Waals surface area contributed by atoms with Gasteiger partial charge in [0.25, 0.3) is 0 Å². The van der Waals surface area contributed by atoms with E-state index in [9.17, 15) is 0 Å². The minimum Gasteiger partial charge on any atom is -0.0988 e. The maximum absolute atomic E-state index is 4.01. The van der Waals surface area contributed by atoms with E-state index in [1.54, 1.807) is 0 Å². The van der Waals surface area contributed by atoms with Gasteiger partial charge in [-0.3, -0.25) is 0 Å². The zero-order chi connectivity index (χ0) is 15.9.